The summed E-state index contributed by atoms with van der Waals surface area (Å²) in [5.41, 5.74) is 3.53. The van der Waals surface area contributed by atoms with Crippen LogP contribution in [0.4, 0.5) is 0 Å². The molecule has 0 saturated carbocycles. The second kappa shape index (κ2) is 12.3. The average Bonchev–Trinajstić information content (AvgIpc) is 2.72. The first-order valence-corrected chi connectivity index (χ1v) is 10.5. The summed E-state index contributed by atoms with van der Waals surface area (Å²) in [6.45, 7) is 2.10. The molecule has 0 aliphatic heterocycles. The standard InChI is InChI=1S/C23H27Cl2NO2.ClH/c1-27-23-14-18(15-26-13-12-17-6-3-2-4-7-17)10-11-22(23)28-16-19-20(24)8-5-9-21(19)25;/h5-6,8-11,14,26H,2-4,7,12-13,15-16H2,1H3;1H. The zero-order valence-electron chi connectivity index (χ0n) is 16.7. The maximum atomic E-state index is 6.21. The SMILES string of the molecule is COc1cc(CNCCC2=CCCCC2)ccc1OCc1c(Cl)cccc1Cl.Cl. The molecule has 0 radical (unpaired) electrons. The van der Waals surface area contributed by atoms with Crippen molar-refractivity contribution in [1.82, 2.24) is 5.32 Å². The molecule has 0 fully saturated rings. The van der Waals surface area contributed by atoms with E-state index >= 15 is 0 Å². The third-order valence-corrected chi connectivity index (χ3v) is 5.71. The molecule has 2 aromatic rings. The van der Waals surface area contributed by atoms with Gasteiger partial charge in [0.05, 0.1) is 7.11 Å². The zero-order valence-corrected chi connectivity index (χ0v) is 19.0. The highest BCUT2D eigenvalue weighted by Crippen LogP contribution is 2.31. The Morgan fingerprint density at radius 1 is 1.03 bits per heavy atom. The molecule has 0 spiro atoms. The Bertz CT molecular complexity index is 804. The van der Waals surface area contributed by atoms with Crippen LogP contribution >= 0.6 is 35.6 Å². The van der Waals surface area contributed by atoms with Crippen LogP contribution in [0.15, 0.2) is 48.0 Å². The second-order valence-electron chi connectivity index (χ2n) is 7.01. The second-order valence-corrected chi connectivity index (χ2v) is 7.82. The fraction of sp³-hybridized carbons (Fsp3) is 0.391. The van der Waals surface area contributed by atoms with Crippen molar-refractivity contribution in [3.05, 3.63) is 69.2 Å². The zero-order chi connectivity index (χ0) is 19.8. The Kier molecular flexibility index (Phi) is 10.2. The van der Waals surface area contributed by atoms with Crippen molar-refractivity contribution < 1.29 is 9.47 Å². The Labute approximate surface area is 189 Å². The van der Waals surface area contributed by atoms with Crippen LogP contribution < -0.4 is 14.8 Å². The van der Waals surface area contributed by atoms with Gasteiger partial charge in [0.1, 0.15) is 6.61 Å². The van der Waals surface area contributed by atoms with Gasteiger partial charge in [0, 0.05) is 22.2 Å². The van der Waals surface area contributed by atoms with Gasteiger partial charge in [-0.25, -0.2) is 0 Å². The molecule has 1 N–H and O–H groups in total. The number of methoxy groups -OCH3 is 1. The van der Waals surface area contributed by atoms with E-state index in [1.165, 1.54) is 25.7 Å². The van der Waals surface area contributed by atoms with Crippen LogP contribution in [0.25, 0.3) is 0 Å². The molecule has 3 nitrogen and oxygen atoms in total. The van der Waals surface area contributed by atoms with Gasteiger partial charge in [-0.15, -0.1) is 12.4 Å². The lowest BCUT2D eigenvalue weighted by molar-refractivity contribution is 0.284. The molecule has 158 valence electrons. The summed E-state index contributed by atoms with van der Waals surface area (Å²) < 4.78 is 11.4. The summed E-state index contributed by atoms with van der Waals surface area (Å²) in [6, 6.07) is 11.4. The van der Waals surface area contributed by atoms with Crippen molar-refractivity contribution in [3.63, 3.8) is 0 Å². The van der Waals surface area contributed by atoms with Gasteiger partial charge in [0.15, 0.2) is 11.5 Å². The van der Waals surface area contributed by atoms with Crippen LogP contribution in [-0.2, 0) is 13.2 Å². The molecule has 1 aliphatic rings. The van der Waals surface area contributed by atoms with E-state index in [1.807, 2.05) is 30.3 Å². The molecular formula is C23H28Cl3NO2. The van der Waals surface area contributed by atoms with Gasteiger partial charge in [0.25, 0.3) is 0 Å². The molecule has 0 aromatic heterocycles. The van der Waals surface area contributed by atoms with E-state index < -0.39 is 0 Å². The fourth-order valence-electron chi connectivity index (χ4n) is 3.37. The van der Waals surface area contributed by atoms with Crippen LogP contribution in [0.3, 0.4) is 0 Å². The lowest BCUT2D eigenvalue weighted by Crippen LogP contribution is -2.15. The molecule has 0 bridgehead atoms. The van der Waals surface area contributed by atoms with Crippen LogP contribution in [0.5, 0.6) is 11.5 Å². The quantitative estimate of drug-likeness (QED) is 0.326. The molecule has 2 aromatic carbocycles. The van der Waals surface area contributed by atoms with E-state index in [2.05, 4.69) is 17.5 Å². The molecule has 1 aliphatic carbocycles. The molecule has 0 heterocycles. The first-order chi connectivity index (χ1) is 13.7. The van der Waals surface area contributed by atoms with Crippen LogP contribution in [0.1, 0.15) is 43.2 Å². The predicted octanol–water partition coefficient (Wildman–Crippen LogP) is 6.98. The van der Waals surface area contributed by atoms with E-state index in [0.29, 0.717) is 28.2 Å². The summed E-state index contributed by atoms with van der Waals surface area (Å²) >= 11 is 12.4. The van der Waals surface area contributed by atoms with E-state index in [-0.39, 0.29) is 12.4 Å². The molecule has 0 saturated heterocycles. The number of hydrogen-bond donors (Lipinski definition) is 1. The number of allylic oxidation sites excluding steroid dienone is 1. The maximum absolute atomic E-state index is 6.21. The molecule has 3 rings (SSSR count). The van der Waals surface area contributed by atoms with Crippen molar-refractivity contribution in [2.24, 2.45) is 0 Å². The minimum atomic E-state index is 0. The smallest absolute Gasteiger partial charge is 0.161 e. The Morgan fingerprint density at radius 2 is 1.83 bits per heavy atom. The summed E-state index contributed by atoms with van der Waals surface area (Å²) in [5, 5.41) is 4.72. The number of ether oxygens (including phenoxy) is 2. The Morgan fingerprint density at radius 3 is 2.52 bits per heavy atom. The van der Waals surface area contributed by atoms with Gasteiger partial charge in [-0.3, -0.25) is 0 Å². The van der Waals surface area contributed by atoms with Gasteiger partial charge in [-0.2, -0.15) is 0 Å². The number of rotatable bonds is 9. The van der Waals surface area contributed by atoms with Crippen molar-refractivity contribution in [2.75, 3.05) is 13.7 Å². The predicted molar refractivity (Wildman–Crippen MR) is 124 cm³/mol. The highest BCUT2D eigenvalue weighted by molar-refractivity contribution is 6.35. The van der Waals surface area contributed by atoms with Crippen molar-refractivity contribution in [2.45, 2.75) is 45.3 Å². The highest BCUT2D eigenvalue weighted by Gasteiger charge is 2.10. The van der Waals surface area contributed by atoms with Gasteiger partial charge < -0.3 is 14.8 Å². The number of benzene rings is 2. The summed E-state index contributed by atoms with van der Waals surface area (Å²) in [6.07, 6.45) is 8.73. The molecular weight excluding hydrogens is 429 g/mol. The maximum Gasteiger partial charge on any atom is 0.161 e. The summed E-state index contributed by atoms with van der Waals surface area (Å²) in [5.74, 6) is 1.38. The summed E-state index contributed by atoms with van der Waals surface area (Å²) in [7, 11) is 1.65. The van der Waals surface area contributed by atoms with Gasteiger partial charge in [0.2, 0.25) is 0 Å². The monoisotopic (exact) mass is 455 g/mol. The summed E-state index contributed by atoms with van der Waals surface area (Å²) in [4.78, 5) is 0. The largest absolute Gasteiger partial charge is 0.493 e. The third kappa shape index (κ3) is 7.11. The van der Waals surface area contributed by atoms with E-state index in [4.69, 9.17) is 32.7 Å². The molecule has 6 heteroatoms. The van der Waals surface area contributed by atoms with E-state index in [1.54, 1.807) is 12.7 Å². The first kappa shape index (κ1) is 23.9. The van der Waals surface area contributed by atoms with Crippen molar-refractivity contribution in [1.29, 1.82) is 0 Å². The fourth-order valence-corrected chi connectivity index (χ4v) is 3.88. The molecule has 0 atom stereocenters. The van der Waals surface area contributed by atoms with Gasteiger partial charge in [-0.05, 0) is 68.5 Å². The van der Waals surface area contributed by atoms with Crippen LogP contribution in [0, 0.1) is 0 Å². The van der Waals surface area contributed by atoms with Crippen LogP contribution in [0.2, 0.25) is 10.0 Å². The van der Waals surface area contributed by atoms with Crippen molar-refractivity contribution in [3.8, 4) is 11.5 Å². The molecule has 0 unspecified atom stereocenters. The molecule has 0 amide bonds. The average molecular weight is 457 g/mol. The minimum Gasteiger partial charge on any atom is -0.493 e. The topological polar surface area (TPSA) is 30.5 Å². The lowest BCUT2D eigenvalue weighted by Gasteiger charge is -2.15. The first-order valence-electron chi connectivity index (χ1n) is 9.78. The number of nitrogens with one attached hydrogen (secondary N) is 1. The Hall–Kier alpha value is -1.39. The van der Waals surface area contributed by atoms with Gasteiger partial charge >= 0.3 is 0 Å². The lowest BCUT2D eigenvalue weighted by atomic mass is 9.97. The van der Waals surface area contributed by atoms with Gasteiger partial charge in [-0.1, -0.05) is 47.0 Å². The third-order valence-electron chi connectivity index (χ3n) is 5.00. The van der Waals surface area contributed by atoms with Crippen molar-refractivity contribution >= 4 is 35.6 Å². The van der Waals surface area contributed by atoms with E-state index in [9.17, 15) is 0 Å². The molecule has 29 heavy (non-hydrogen) atoms. The Balaban J connectivity index is 0.00000300. The number of hydrogen-bond acceptors (Lipinski definition) is 3. The normalized spacial score (nSPS) is 13.4. The van der Waals surface area contributed by atoms with Crippen LogP contribution in [-0.4, -0.2) is 13.7 Å². The van der Waals surface area contributed by atoms with E-state index in [0.717, 1.165) is 30.6 Å². The minimum absolute atomic E-state index is 0. The highest BCUT2D eigenvalue weighted by atomic mass is 35.5. The number of halogens is 3.